The van der Waals surface area contributed by atoms with Crippen molar-refractivity contribution < 1.29 is 4.79 Å². The number of rotatable bonds is 5. The van der Waals surface area contributed by atoms with Gasteiger partial charge in [0.05, 0.1) is 17.0 Å². The summed E-state index contributed by atoms with van der Waals surface area (Å²) in [6.45, 7) is 1.85. The first-order valence-corrected chi connectivity index (χ1v) is 10.6. The van der Waals surface area contributed by atoms with Crippen molar-refractivity contribution in [1.29, 1.82) is 0 Å². The van der Waals surface area contributed by atoms with Crippen molar-refractivity contribution in [2.45, 2.75) is 13.3 Å². The molecule has 0 saturated heterocycles. The van der Waals surface area contributed by atoms with Crippen molar-refractivity contribution in [3.05, 3.63) is 57.1 Å². The third-order valence-corrected chi connectivity index (χ3v) is 6.42. The number of H-pyrrole nitrogens is 1. The van der Waals surface area contributed by atoms with Crippen LogP contribution in [0, 0.1) is 6.92 Å². The van der Waals surface area contributed by atoms with Crippen LogP contribution in [0.2, 0.25) is 0 Å². The monoisotopic (exact) mass is 459 g/mol. The standard InChI is InChI=1S/C18H14BrN5OS2/c1-10-20-17(24-23-10)11-3-2-4-13(5-11)21-16(25)7-14-9-27-18(22-14)15-6-12(19)8-26-15/h2-6,8-9H,7H2,1H3,(H,21,25)(H,20,23,24). The summed E-state index contributed by atoms with van der Waals surface area (Å²) in [4.78, 5) is 22.4. The van der Waals surface area contributed by atoms with E-state index in [1.807, 2.05) is 48.0 Å². The first-order chi connectivity index (χ1) is 13.1. The zero-order chi connectivity index (χ0) is 18.8. The van der Waals surface area contributed by atoms with Crippen LogP contribution in [0.1, 0.15) is 11.5 Å². The highest BCUT2D eigenvalue weighted by molar-refractivity contribution is 9.10. The van der Waals surface area contributed by atoms with E-state index in [9.17, 15) is 4.79 Å². The van der Waals surface area contributed by atoms with Crippen molar-refractivity contribution in [3.63, 3.8) is 0 Å². The van der Waals surface area contributed by atoms with Crippen LogP contribution in [0.3, 0.4) is 0 Å². The van der Waals surface area contributed by atoms with E-state index in [-0.39, 0.29) is 12.3 Å². The topological polar surface area (TPSA) is 83.6 Å². The van der Waals surface area contributed by atoms with Gasteiger partial charge in [-0.1, -0.05) is 12.1 Å². The molecule has 0 radical (unpaired) electrons. The first kappa shape index (κ1) is 18.0. The summed E-state index contributed by atoms with van der Waals surface area (Å²) >= 11 is 6.62. The average molecular weight is 460 g/mol. The largest absolute Gasteiger partial charge is 0.326 e. The van der Waals surface area contributed by atoms with Gasteiger partial charge >= 0.3 is 0 Å². The molecule has 0 aliphatic carbocycles. The van der Waals surface area contributed by atoms with Crippen LogP contribution < -0.4 is 5.32 Å². The maximum absolute atomic E-state index is 12.4. The fraction of sp³-hybridized carbons (Fsp3) is 0.111. The van der Waals surface area contributed by atoms with Crippen molar-refractivity contribution in [1.82, 2.24) is 20.2 Å². The number of hydrogen-bond donors (Lipinski definition) is 2. The van der Waals surface area contributed by atoms with Crippen molar-refractivity contribution in [3.8, 4) is 21.3 Å². The van der Waals surface area contributed by atoms with Crippen LogP contribution in [-0.2, 0) is 11.2 Å². The molecule has 2 N–H and O–H groups in total. The zero-order valence-corrected chi connectivity index (χ0v) is 17.4. The summed E-state index contributed by atoms with van der Waals surface area (Å²) in [5.41, 5.74) is 2.31. The third-order valence-electron chi connectivity index (χ3n) is 3.67. The zero-order valence-electron chi connectivity index (χ0n) is 14.2. The minimum absolute atomic E-state index is 0.109. The number of aromatic amines is 1. The lowest BCUT2D eigenvalue weighted by molar-refractivity contribution is -0.115. The van der Waals surface area contributed by atoms with Crippen LogP contribution in [0.5, 0.6) is 0 Å². The van der Waals surface area contributed by atoms with Gasteiger partial charge in [0.25, 0.3) is 0 Å². The quantitative estimate of drug-likeness (QED) is 0.444. The Balaban J connectivity index is 1.43. The number of thiazole rings is 1. The molecule has 9 heteroatoms. The molecule has 1 aromatic carbocycles. The number of amides is 1. The summed E-state index contributed by atoms with van der Waals surface area (Å²) in [6, 6.07) is 9.51. The predicted molar refractivity (Wildman–Crippen MR) is 112 cm³/mol. The van der Waals surface area contributed by atoms with E-state index in [0.29, 0.717) is 11.5 Å². The Morgan fingerprint density at radius 2 is 2.11 bits per heavy atom. The van der Waals surface area contributed by atoms with Gasteiger partial charge in [-0.25, -0.2) is 9.97 Å². The van der Waals surface area contributed by atoms with E-state index in [0.717, 1.165) is 31.4 Å². The predicted octanol–water partition coefficient (Wildman–Crippen LogP) is 4.91. The number of carbonyl (C=O) groups is 1. The SMILES string of the molecule is Cc1nc(-c2cccc(NC(=O)Cc3csc(-c4cc(Br)cs4)n3)c2)n[nH]1. The molecule has 3 heterocycles. The molecule has 27 heavy (non-hydrogen) atoms. The van der Waals surface area contributed by atoms with Gasteiger partial charge in [-0.2, -0.15) is 5.10 Å². The molecule has 0 unspecified atom stereocenters. The number of nitrogens with zero attached hydrogens (tertiary/aromatic N) is 3. The van der Waals surface area contributed by atoms with Crippen LogP contribution in [-0.4, -0.2) is 26.1 Å². The summed E-state index contributed by atoms with van der Waals surface area (Å²) in [7, 11) is 0. The number of hydrogen-bond acceptors (Lipinski definition) is 6. The maximum Gasteiger partial charge on any atom is 0.230 e. The molecule has 0 saturated carbocycles. The molecule has 0 fully saturated rings. The number of anilines is 1. The highest BCUT2D eigenvalue weighted by Gasteiger charge is 2.12. The van der Waals surface area contributed by atoms with Crippen LogP contribution >= 0.6 is 38.6 Å². The molecule has 3 aromatic heterocycles. The number of aromatic nitrogens is 4. The molecule has 6 nitrogen and oxygen atoms in total. The highest BCUT2D eigenvalue weighted by Crippen LogP contribution is 2.32. The third kappa shape index (κ3) is 4.32. The van der Waals surface area contributed by atoms with Crippen LogP contribution in [0.15, 0.2) is 45.6 Å². The van der Waals surface area contributed by atoms with E-state index in [1.165, 1.54) is 0 Å². The Bertz CT molecular complexity index is 1100. The van der Waals surface area contributed by atoms with Gasteiger partial charge in [0.1, 0.15) is 10.8 Å². The maximum atomic E-state index is 12.4. The van der Waals surface area contributed by atoms with E-state index in [4.69, 9.17) is 0 Å². The Morgan fingerprint density at radius 3 is 2.85 bits per heavy atom. The van der Waals surface area contributed by atoms with Gasteiger partial charge in [-0.05, 0) is 41.1 Å². The van der Waals surface area contributed by atoms with Gasteiger partial charge in [-0.15, -0.1) is 22.7 Å². The minimum atomic E-state index is -0.109. The van der Waals surface area contributed by atoms with E-state index < -0.39 is 0 Å². The molecule has 0 aliphatic heterocycles. The average Bonchev–Trinajstić information content (AvgIpc) is 3.36. The van der Waals surface area contributed by atoms with Crippen LogP contribution in [0.4, 0.5) is 5.69 Å². The molecule has 0 bridgehead atoms. The van der Waals surface area contributed by atoms with Crippen molar-refractivity contribution in [2.24, 2.45) is 0 Å². The molecule has 136 valence electrons. The molecule has 0 spiro atoms. The summed E-state index contributed by atoms with van der Waals surface area (Å²) < 4.78 is 1.04. The Labute approximate surface area is 171 Å². The number of halogens is 1. The molecule has 1 amide bonds. The lowest BCUT2D eigenvalue weighted by Gasteiger charge is -2.05. The summed E-state index contributed by atoms with van der Waals surface area (Å²) in [6.07, 6.45) is 0.229. The second-order valence-electron chi connectivity index (χ2n) is 5.82. The number of benzene rings is 1. The van der Waals surface area contributed by atoms with E-state index >= 15 is 0 Å². The molecular formula is C18H14BrN5OS2. The smallest absolute Gasteiger partial charge is 0.230 e. The van der Waals surface area contributed by atoms with Crippen molar-refractivity contribution in [2.75, 3.05) is 5.32 Å². The number of carbonyl (C=O) groups excluding carboxylic acids is 1. The second-order valence-corrected chi connectivity index (χ2v) is 8.51. The van der Waals surface area contributed by atoms with E-state index in [2.05, 4.69) is 41.4 Å². The van der Waals surface area contributed by atoms with Crippen molar-refractivity contribution >= 4 is 50.2 Å². The number of aryl methyl sites for hydroxylation is 1. The van der Waals surface area contributed by atoms with Gasteiger partial charge < -0.3 is 5.32 Å². The number of nitrogens with one attached hydrogen (secondary N) is 2. The first-order valence-electron chi connectivity index (χ1n) is 8.05. The molecule has 4 rings (SSSR count). The lowest BCUT2D eigenvalue weighted by Crippen LogP contribution is -2.14. The molecular weight excluding hydrogens is 446 g/mol. The van der Waals surface area contributed by atoms with Gasteiger partial charge in [-0.3, -0.25) is 9.89 Å². The molecule has 0 aliphatic rings. The van der Waals surface area contributed by atoms with Gasteiger partial charge in [0.2, 0.25) is 5.91 Å². The summed E-state index contributed by atoms with van der Waals surface area (Å²) in [5, 5.41) is 14.8. The Kier molecular flexibility index (Phi) is 5.15. The Hall–Kier alpha value is -2.36. The fourth-order valence-corrected chi connectivity index (χ4v) is 4.83. The fourth-order valence-electron chi connectivity index (χ4n) is 2.50. The normalized spacial score (nSPS) is 10.9. The lowest BCUT2D eigenvalue weighted by atomic mass is 10.2. The number of thiophene rings is 1. The van der Waals surface area contributed by atoms with Gasteiger partial charge in [0, 0.05) is 26.5 Å². The highest BCUT2D eigenvalue weighted by atomic mass is 79.9. The van der Waals surface area contributed by atoms with E-state index in [1.54, 1.807) is 22.7 Å². The molecule has 4 aromatic rings. The minimum Gasteiger partial charge on any atom is -0.326 e. The second kappa shape index (κ2) is 7.71. The van der Waals surface area contributed by atoms with Crippen LogP contribution in [0.25, 0.3) is 21.3 Å². The Morgan fingerprint density at radius 1 is 1.22 bits per heavy atom. The van der Waals surface area contributed by atoms with Gasteiger partial charge in [0.15, 0.2) is 5.82 Å². The molecule has 0 atom stereocenters. The summed E-state index contributed by atoms with van der Waals surface area (Å²) in [5.74, 6) is 1.24.